The first-order chi connectivity index (χ1) is 12.1. The summed E-state index contributed by atoms with van der Waals surface area (Å²) in [6.07, 6.45) is 2.02. The molecule has 1 aromatic heterocycles. The van der Waals surface area contributed by atoms with Gasteiger partial charge >= 0.3 is 4.87 Å². The number of H-pyrrole nitrogens is 1. The lowest BCUT2D eigenvalue weighted by Gasteiger charge is -2.22. The Labute approximate surface area is 153 Å². The van der Waals surface area contributed by atoms with Gasteiger partial charge in [0.15, 0.2) is 0 Å². The fourth-order valence-electron chi connectivity index (χ4n) is 2.81. The molecule has 2 heterocycles. The molecular formula is C19H14ClNO3S. The number of aromatic amines is 1. The summed E-state index contributed by atoms with van der Waals surface area (Å²) >= 11 is 7.14. The minimum absolute atomic E-state index is 0.0655. The average Bonchev–Trinajstić information content (AvgIpc) is 3.01. The van der Waals surface area contributed by atoms with Crippen LogP contribution in [0.2, 0.25) is 5.02 Å². The van der Waals surface area contributed by atoms with Gasteiger partial charge in [0.2, 0.25) is 5.88 Å². The minimum Gasteiger partial charge on any atom is -0.497 e. The highest BCUT2D eigenvalue weighted by molar-refractivity contribution is 7.09. The van der Waals surface area contributed by atoms with E-state index in [2.05, 4.69) is 4.98 Å². The monoisotopic (exact) mass is 371 g/mol. The highest BCUT2D eigenvalue weighted by Crippen LogP contribution is 2.41. The van der Waals surface area contributed by atoms with Crippen molar-refractivity contribution in [3.8, 4) is 11.6 Å². The molecule has 1 aliphatic rings. The van der Waals surface area contributed by atoms with Crippen LogP contribution < -0.4 is 14.3 Å². The van der Waals surface area contributed by atoms with Crippen LogP contribution in [0.5, 0.6) is 11.6 Å². The molecule has 0 bridgehead atoms. The molecule has 0 spiro atoms. The van der Waals surface area contributed by atoms with Crippen molar-refractivity contribution >= 4 is 28.7 Å². The van der Waals surface area contributed by atoms with Gasteiger partial charge in [-0.2, -0.15) is 0 Å². The van der Waals surface area contributed by atoms with Crippen LogP contribution in [0.25, 0.3) is 5.76 Å². The van der Waals surface area contributed by atoms with Crippen LogP contribution in [-0.2, 0) is 0 Å². The summed E-state index contributed by atoms with van der Waals surface area (Å²) in [5.74, 6) is 1.92. The van der Waals surface area contributed by atoms with Crippen molar-refractivity contribution in [1.82, 2.24) is 4.98 Å². The maximum Gasteiger partial charge on any atom is 0.307 e. The summed E-state index contributed by atoms with van der Waals surface area (Å²) in [5.41, 5.74) is 1.97. The third-order valence-electron chi connectivity index (χ3n) is 4.06. The molecule has 4 nitrogen and oxygen atoms in total. The number of rotatable bonds is 3. The van der Waals surface area contributed by atoms with E-state index in [0.29, 0.717) is 16.7 Å². The quantitative estimate of drug-likeness (QED) is 0.728. The molecule has 0 aliphatic carbocycles. The van der Waals surface area contributed by atoms with Crippen molar-refractivity contribution < 1.29 is 9.47 Å². The van der Waals surface area contributed by atoms with Crippen molar-refractivity contribution in [3.05, 3.63) is 85.3 Å². The number of hydrogen-bond acceptors (Lipinski definition) is 4. The minimum atomic E-state index is -0.130. The molecule has 126 valence electrons. The van der Waals surface area contributed by atoms with Gasteiger partial charge in [0.1, 0.15) is 11.5 Å². The van der Waals surface area contributed by atoms with Crippen LogP contribution in [0.1, 0.15) is 21.9 Å². The predicted molar refractivity (Wildman–Crippen MR) is 99.8 cm³/mol. The Balaban J connectivity index is 1.80. The molecule has 1 N–H and O–H groups in total. The zero-order valence-corrected chi connectivity index (χ0v) is 14.9. The summed E-state index contributed by atoms with van der Waals surface area (Å²) < 4.78 is 11.1. The Morgan fingerprint density at radius 3 is 2.52 bits per heavy atom. The Hall–Kier alpha value is -2.50. The van der Waals surface area contributed by atoms with Gasteiger partial charge in [-0.3, -0.25) is 9.78 Å². The van der Waals surface area contributed by atoms with E-state index in [-0.39, 0.29) is 10.8 Å². The highest BCUT2D eigenvalue weighted by Gasteiger charge is 2.27. The largest absolute Gasteiger partial charge is 0.497 e. The number of thiazole rings is 1. The lowest BCUT2D eigenvalue weighted by atomic mass is 9.94. The Kier molecular flexibility index (Phi) is 4.11. The van der Waals surface area contributed by atoms with E-state index < -0.39 is 0 Å². The van der Waals surface area contributed by atoms with Crippen molar-refractivity contribution in [2.75, 3.05) is 7.11 Å². The first-order valence-electron chi connectivity index (χ1n) is 7.66. The van der Waals surface area contributed by atoms with Crippen LogP contribution in [0, 0.1) is 0 Å². The van der Waals surface area contributed by atoms with Gasteiger partial charge in [-0.25, -0.2) is 0 Å². The lowest BCUT2D eigenvalue weighted by Crippen LogP contribution is -2.09. The van der Waals surface area contributed by atoms with Gasteiger partial charge in [0.05, 0.1) is 12.0 Å². The number of fused-ring (bicyclic) bond motifs is 1. The van der Waals surface area contributed by atoms with E-state index in [1.807, 2.05) is 54.6 Å². The van der Waals surface area contributed by atoms with Gasteiger partial charge in [0, 0.05) is 16.5 Å². The molecule has 1 aliphatic heterocycles. The first kappa shape index (κ1) is 16.0. The van der Waals surface area contributed by atoms with E-state index in [9.17, 15) is 4.79 Å². The molecule has 25 heavy (non-hydrogen) atoms. The zero-order chi connectivity index (χ0) is 17.4. The van der Waals surface area contributed by atoms with Crippen molar-refractivity contribution in [2.24, 2.45) is 0 Å². The average molecular weight is 372 g/mol. The number of methoxy groups -OCH3 is 1. The van der Waals surface area contributed by atoms with Crippen LogP contribution in [0.15, 0.2) is 59.4 Å². The van der Waals surface area contributed by atoms with E-state index in [1.54, 1.807) is 7.11 Å². The van der Waals surface area contributed by atoms with Gasteiger partial charge in [-0.05, 0) is 48.0 Å². The van der Waals surface area contributed by atoms with E-state index in [0.717, 1.165) is 21.8 Å². The standard InChI is InChI=1S/C19H14ClNO3S/c1-23-14-8-4-11(5-9-14)15-10-16(12-2-6-13(20)7-3-12)24-18-17(15)25-19(22)21-18/h2-10,15H,1H3,(H,21,22). The molecule has 0 saturated carbocycles. The number of halogens is 1. The second kappa shape index (κ2) is 6.43. The summed E-state index contributed by atoms with van der Waals surface area (Å²) in [7, 11) is 1.64. The SMILES string of the molecule is COc1ccc(C2C=C(c3ccc(Cl)cc3)Oc3[nH]c(=O)sc32)cc1. The Morgan fingerprint density at radius 1 is 1.12 bits per heavy atom. The summed E-state index contributed by atoms with van der Waals surface area (Å²) in [5, 5.41) is 0.663. The maximum absolute atomic E-state index is 11.8. The molecule has 0 fully saturated rings. The van der Waals surface area contributed by atoms with Crippen molar-refractivity contribution in [2.45, 2.75) is 5.92 Å². The highest BCUT2D eigenvalue weighted by atomic mass is 35.5. The van der Waals surface area contributed by atoms with Crippen molar-refractivity contribution in [1.29, 1.82) is 0 Å². The number of nitrogens with one attached hydrogen (secondary N) is 1. The van der Waals surface area contributed by atoms with Crippen LogP contribution in [-0.4, -0.2) is 12.1 Å². The third kappa shape index (κ3) is 3.08. The Morgan fingerprint density at radius 2 is 1.84 bits per heavy atom. The number of hydrogen-bond donors (Lipinski definition) is 1. The predicted octanol–water partition coefficient (Wildman–Crippen LogP) is 4.66. The zero-order valence-electron chi connectivity index (χ0n) is 13.3. The number of ether oxygens (including phenoxy) is 2. The normalized spacial score (nSPS) is 15.9. The number of aromatic nitrogens is 1. The van der Waals surface area contributed by atoms with Gasteiger partial charge < -0.3 is 9.47 Å². The lowest BCUT2D eigenvalue weighted by molar-refractivity contribution is 0.414. The Bertz CT molecular complexity index is 987. The van der Waals surface area contributed by atoms with E-state index in [1.165, 1.54) is 11.3 Å². The summed E-state index contributed by atoms with van der Waals surface area (Å²) in [4.78, 5) is 15.4. The molecule has 2 aromatic carbocycles. The maximum atomic E-state index is 11.8. The second-order valence-corrected chi connectivity index (χ2v) is 7.05. The molecular weight excluding hydrogens is 358 g/mol. The van der Waals surface area contributed by atoms with Crippen LogP contribution in [0.3, 0.4) is 0 Å². The first-order valence-corrected chi connectivity index (χ1v) is 8.86. The smallest absolute Gasteiger partial charge is 0.307 e. The van der Waals surface area contributed by atoms with Gasteiger partial charge in [0.25, 0.3) is 0 Å². The molecule has 0 saturated heterocycles. The van der Waals surface area contributed by atoms with Gasteiger partial charge in [-0.1, -0.05) is 35.1 Å². The summed E-state index contributed by atoms with van der Waals surface area (Å²) in [6, 6.07) is 15.2. The second-order valence-electron chi connectivity index (χ2n) is 5.60. The van der Waals surface area contributed by atoms with Crippen LogP contribution >= 0.6 is 22.9 Å². The molecule has 1 atom stereocenters. The van der Waals surface area contributed by atoms with Gasteiger partial charge in [-0.15, -0.1) is 0 Å². The molecule has 6 heteroatoms. The number of allylic oxidation sites excluding steroid dienone is 1. The molecule has 4 rings (SSSR count). The topological polar surface area (TPSA) is 51.3 Å². The molecule has 3 aromatic rings. The third-order valence-corrected chi connectivity index (χ3v) is 5.26. The number of benzene rings is 2. The fraction of sp³-hybridized carbons (Fsp3) is 0.105. The van der Waals surface area contributed by atoms with E-state index >= 15 is 0 Å². The molecule has 1 unspecified atom stereocenters. The summed E-state index contributed by atoms with van der Waals surface area (Å²) in [6.45, 7) is 0. The fourth-order valence-corrected chi connectivity index (χ4v) is 3.79. The molecule has 0 amide bonds. The van der Waals surface area contributed by atoms with Crippen LogP contribution in [0.4, 0.5) is 0 Å². The molecule has 0 radical (unpaired) electrons. The van der Waals surface area contributed by atoms with E-state index in [4.69, 9.17) is 21.1 Å². The van der Waals surface area contributed by atoms with Crippen molar-refractivity contribution in [3.63, 3.8) is 0 Å².